The highest BCUT2D eigenvalue weighted by Crippen LogP contribution is 2.46. The molecule has 0 spiro atoms. The lowest BCUT2D eigenvalue weighted by molar-refractivity contribution is -0.344. The van der Waals surface area contributed by atoms with Crippen LogP contribution in [-0.2, 0) is 16.0 Å². The molecular weight excluding hydrogens is 351 g/mol. The molecule has 1 aromatic rings. The van der Waals surface area contributed by atoms with Crippen molar-refractivity contribution >= 4 is 11.9 Å². The van der Waals surface area contributed by atoms with Gasteiger partial charge in [-0.15, -0.1) is 0 Å². The van der Waals surface area contributed by atoms with Crippen molar-refractivity contribution in [1.82, 2.24) is 5.32 Å². The van der Waals surface area contributed by atoms with Crippen molar-refractivity contribution in [3.8, 4) is 0 Å². The molecule has 1 aromatic carbocycles. The van der Waals surface area contributed by atoms with Crippen LogP contribution in [0.25, 0.3) is 0 Å². The van der Waals surface area contributed by atoms with Crippen LogP contribution in [0.2, 0.25) is 0 Å². The van der Waals surface area contributed by atoms with Crippen LogP contribution in [0, 0.1) is 0 Å². The zero-order valence-electron chi connectivity index (χ0n) is 11.6. The van der Waals surface area contributed by atoms with Crippen LogP contribution in [0.1, 0.15) is 5.56 Å². The number of amides is 1. The predicted octanol–water partition coefficient (Wildman–Crippen LogP) is 2.63. The van der Waals surface area contributed by atoms with Gasteiger partial charge in [-0.2, -0.15) is 30.7 Å². The topological polar surface area (TPSA) is 66.4 Å². The summed E-state index contributed by atoms with van der Waals surface area (Å²) < 4.78 is 87.9. The van der Waals surface area contributed by atoms with E-state index in [9.17, 15) is 40.3 Å². The molecule has 11 heteroatoms. The Morgan fingerprint density at radius 2 is 1.50 bits per heavy atom. The molecule has 4 nitrogen and oxygen atoms in total. The second-order valence-corrected chi connectivity index (χ2v) is 4.70. The second-order valence-electron chi connectivity index (χ2n) is 4.70. The average Bonchev–Trinajstić information content (AvgIpc) is 2.45. The Morgan fingerprint density at radius 1 is 1.00 bits per heavy atom. The fourth-order valence-corrected chi connectivity index (χ4v) is 1.62. The van der Waals surface area contributed by atoms with E-state index in [-0.39, 0.29) is 5.56 Å². The number of hydrogen-bond donors (Lipinski definition) is 2. The lowest BCUT2D eigenvalue weighted by Gasteiger charge is -2.28. The first-order valence-electron chi connectivity index (χ1n) is 6.20. The summed E-state index contributed by atoms with van der Waals surface area (Å²) in [5, 5.41) is 9.86. The van der Waals surface area contributed by atoms with E-state index in [1.165, 1.54) is 30.3 Å². The van der Waals surface area contributed by atoms with Crippen molar-refractivity contribution < 1.29 is 45.4 Å². The van der Waals surface area contributed by atoms with Gasteiger partial charge < -0.3 is 10.4 Å². The highest BCUT2D eigenvalue weighted by Gasteiger charge is 2.76. The number of carbonyl (C=O) groups excluding carboxylic acids is 1. The summed E-state index contributed by atoms with van der Waals surface area (Å²) in [6.45, 7) is 0. The summed E-state index contributed by atoms with van der Waals surface area (Å²) in [5.74, 6) is -17.7. The molecule has 24 heavy (non-hydrogen) atoms. The minimum Gasteiger partial charge on any atom is -0.480 e. The molecule has 0 aliphatic heterocycles. The molecule has 0 radical (unpaired) electrons. The smallest absolute Gasteiger partial charge is 0.460 e. The number of carboxylic acids is 1. The lowest BCUT2D eigenvalue weighted by Crippen LogP contribution is -2.61. The van der Waals surface area contributed by atoms with Crippen molar-refractivity contribution in [2.45, 2.75) is 30.5 Å². The van der Waals surface area contributed by atoms with Gasteiger partial charge in [-0.25, -0.2) is 4.79 Å². The first-order chi connectivity index (χ1) is 10.8. The number of carboxylic acid groups (broad SMARTS) is 1. The number of carbonyl (C=O) groups is 2. The van der Waals surface area contributed by atoms with Crippen LogP contribution >= 0.6 is 0 Å². The molecule has 1 amide bonds. The summed E-state index contributed by atoms with van der Waals surface area (Å²) in [5.41, 5.74) is 0.232. The van der Waals surface area contributed by atoms with E-state index < -0.39 is 42.4 Å². The van der Waals surface area contributed by atoms with Crippen molar-refractivity contribution in [2.75, 3.05) is 0 Å². The summed E-state index contributed by atoms with van der Waals surface area (Å²) in [7, 11) is 0. The zero-order chi connectivity index (χ0) is 18.8. The second kappa shape index (κ2) is 6.65. The SMILES string of the molecule is O=C(O)[C@H](Cc1ccccc1)NC(=O)C(F)(F)C(F)(F)C(F)(F)F. The van der Waals surface area contributed by atoms with Gasteiger partial charge in [0.1, 0.15) is 6.04 Å². The number of aliphatic carboxylic acids is 1. The first kappa shape index (κ1) is 19.7. The molecule has 0 heterocycles. The minimum atomic E-state index is -6.69. The third-order valence-corrected chi connectivity index (χ3v) is 2.92. The van der Waals surface area contributed by atoms with E-state index in [2.05, 4.69) is 0 Å². The predicted molar refractivity (Wildman–Crippen MR) is 65.7 cm³/mol. The maximum Gasteiger partial charge on any atom is 0.460 e. The standard InChI is InChI=1S/C13H10F7NO3/c14-11(15,12(16,17)13(18,19)20)10(24)21-8(9(22)23)6-7-4-2-1-3-5-7/h1-5,8H,6H2,(H,21,24)(H,22,23)/t8-/m0/s1. The largest absolute Gasteiger partial charge is 0.480 e. The lowest BCUT2D eigenvalue weighted by atomic mass is 10.0. The molecule has 0 aliphatic rings. The van der Waals surface area contributed by atoms with Gasteiger partial charge in [0, 0.05) is 6.42 Å². The fraction of sp³-hybridized carbons (Fsp3) is 0.385. The normalized spacial score (nSPS) is 14.1. The van der Waals surface area contributed by atoms with Crippen molar-refractivity contribution in [3.05, 3.63) is 35.9 Å². The van der Waals surface area contributed by atoms with Crippen molar-refractivity contribution in [2.24, 2.45) is 0 Å². The summed E-state index contributed by atoms with van der Waals surface area (Å²) >= 11 is 0. The van der Waals surface area contributed by atoms with E-state index in [0.717, 1.165) is 5.32 Å². The van der Waals surface area contributed by atoms with Crippen LogP contribution in [0.5, 0.6) is 0 Å². The van der Waals surface area contributed by atoms with E-state index in [4.69, 9.17) is 5.11 Å². The van der Waals surface area contributed by atoms with E-state index in [1.807, 2.05) is 0 Å². The molecule has 0 fully saturated rings. The monoisotopic (exact) mass is 361 g/mol. The number of benzene rings is 1. The molecule has 0 aliphatic carbocycles. The van der Waals surface area contributed by atoms with Gasteiger partial charge in [-0.05, 0) is 5.56 Å². The average molecular weight is 361 g/mol. The number of alkyl halides is 7. The van der Waals surface area contributed by atoms with Crippen LogP contribution in [-0.4, -0.2) is 41.0 Å². The third-order valence-electron chi connectivity index (χ3n) is 2.92. The summed E-state index contributed by atoms with van der Waals surface area (Å²) in [4.78, 5) is 22.1. The van der Waals surface area contributed by atoms with Crippen LogP contribution in [0.3, 0.4) is 0 Å². The Kier molecular flexibility index (Phi) is 5.47. The molecule has 0 unspecified atom stereocenters. The molecule has 1 atom stereocenters. The maximum atomic E-state index is 13.2. The molecule has 0 saturated heterocycles. The molecule has 134 valence electrons. The van der Waals surface area contributed by atoms with Gasteiger partial charge in [0.15, 0.2) is 0 Å². The van der Waals surface area contributed by atoms with E-state index >= 15 is 0 Å². The Hall–Kier alpha value is -2.33. The molecule has 0 bridgehead atoms. The molecule has 2 N–H and O–H groups in total. The summed E-state index contributed by atoms with van der Waals surface area (Å²) in [6, 6.07) is 5.02. The van der Waals surface area contributed by atoms with E-state index in [0.29, 0.717) is 0 Å². The Balaban J connectivity index is 2.98. The van der Waals surface area contributed by atoms with Crippen LogP contribution in [0.15, 0.2) is 30.3 Å². The van der Waals surface area contributed by atoms with Gasteiger partial charge in [0.25, 0.3) is 5.91 Å². The highest BCUT2D eigenvalue weighted by molar-refractivity contribution is 5.89. The number of nitrogens with one attached hydrogen (secondary N) is 1. The molecule has 0 saturated carbocycles. The zero-order valence-corrected chi connectivity index (χ0v) is 11.6. The number of rotatable bonds is 6. The van der Waals surface area contributed by atoms with Gasteiger partial charge in [-0.1, -0.05) is 30.3 Å². The Morgan fingerprint density at radius 3 is 1.92 bits per heavy atom. The van der Waals surface area contributed by atoms with Crippen molar-refractivity contribution in [3.63, 3.8) is 0 Å². The Labute approximate surface area is 130 Å². The molecular formula is C13H10F7NO3. The van der Waals surface area contributed by atoms with Crippen molar-refractivity contribution in [1.29, 1.82) is 0 Å². The Bertz CT molecular complexity index is 601. The molecule has 1 rings (SSSR count). The quantitative estimate of drug-likeness (QED) is 0.766. The maximum absolute atomic E-state index is 13.2. The third kappa shape index (κ3) is 3.95. The highest BCUT2D eigenvalue weighted by atomic mass is 19.4. The van der Waals surface area contributed by atoms with Gasteiger partial charge in [-0.3, -0.25) is 4.79 Å². The summed E-state index contributed by atoms with van der Waals surface area (Å²) in [6.07, 6.45) is -7.28. The van der Waals surface area contributed by atoms with Crippen LogP contribution < -0.4 is 5.32 Å². The van der Waals surface area contributed by atoms with E-state index in [1.54, 1.807) is 0 Å². The fourth-order valence-electron chi connectivity index (χ4n) is 1.62. The molecule has 0 aromatic heterocycles. The van der Waals surface area contributed by atoms with Gasteiger partial charge in [0.05, 0.1) is 0 Å². The number of hydrogen-bond acceptors (Lipinski definition) is 2. The van der Waals surface area contributed by atoms with Gasteiger partial charge in [0.2, 0.25) is 0 Å². The van der Waals surface area contributed by atoms with Gasteiger partial charge >= 0.3 is 24.0 Å². The minimum absolute atomic E-state index is 0.232. The number of halogens is 7. The first-order valence-corrected chi connectivity index (χ1v) is 6.20. The van der Waals surface area contributed by atoms with Crippen LogP contribution in [0.4, 0.5) is 30.7 Å².